The molecular formula is C11H16BrFN2O4S. The van der Waals surface area contributed by atoms with Gasteiger partial charge in [0.1, 0.15) is 4.90 Å². The van der Waals surface area contributed by atoms with E-state index in [9.17, 15) is 12.8 Å². The van der Waals surface area contributed by atoms with Gasteiger partial charge in [0.2, 0.25) is 10.0 Å². The molecular weight excluding hydrogens is 355 g/mol. The van der Waals surface area contributed by atoms with Gasteiger partial charge >= 0.3 is 0 Å². The van der Waals surface area contributed by atoms with Crippen molar-refractivity contribution in [1.82, 2.24) is 4.72 Å². The van der Waals surface area contributed by atoms with Crippen LogP contribution in [0.4, 0.5) is 10.1 Å². The summed E-state index contributed by atoms with van der Waals surface area (Å²) < 4.78 is 50.1. The van der Waals surface area contributed by atoms with Crippen LogP contribution in [0.2, 0.25) is 0 Å². The summed E-state index contributed by atoms with van der Waals surface area (Å²) in [7, 11) is -1.14. The van der Waals surface area contributed by atoms with Crippen LogP contribution in [-0.2, 0) is 19.5 Å². The lowest BCUT2D eigenvalue weighted by atomic mass is 10.3. The zero-order chi connectivity index (χ0) is 15.3. The number of nitrogens with two attached hydrogens (primary N) is 1. The SMILES string of the molecule is COCC(CNS(=O)(=O)c1cc(N)cc(Br)c1F)OC. The van der Waals surface area contributed by atoms with Gasteiger partial charge in [-0.1, -0.05) is 0 Å². The largest absolute Gasteiger partial charge is 0.399 e. The predicted molar refractivity (Wildman–Crippen MR) is 76.4 cm³/mol. The molecule has 0 saturated heterocycles. The zero-order valence-corrected chi connectivity index (χ0v) is 13.4. The molecule has 0 bridgehead atoms. The fourth-order valence-corrected chi connectivity index (χ4v) is 3.26. The molecule has 20 heavy (non-hydrogen) atoms. The van der Waals surface area contributed by atoms with Crippen LogP contribution in [0.5, 0.6) is 0 Å². The molecule has 1 unspecified atom stereocenters. The van der Waals surface area contributed by atoms with Gasteiger partial charge in [0.05, 0.1) is 17.2 Å². The Kier molecular flexibility index (Phi) is 6.34. The van der Waals surface area contributed by atoms with E-state index in [0.717, 1.165) is 6.07 Å². The van der Waals surface area contributed by atoms with Crippen LogP contribution in [0.3, 0.4) is 0 Å². The zero-order valence-electron chi connectivity index (χ0n) is 11.0. The molecule has 114 valence electrons. The van der Waals surface area contributed by atoms with E-state index in [1.807, 2.05) is 0 Å². The van der Waals surface area contributed by atoms with Gasteiger partial charge in [-0.25, -0.2) is 17.5 Å². The van der Waals surface area contributed by atoms with E-state index in [0.29, 0.717) is 0 Å². The summed E-state index contributed by atoms with van der Waals surface area (Å²) in [6.07, 6.45) is -0.470. The highest BCUT2D eigenvalue weighted by molar-refractivity contribution is 9.10. The Morgan fingerprint density at radius 3 is 2.65 bits per heavy atom. The maximum absolute atomic E-state index is 13.9. The Hall–Kier alpha value is -0.740. The van der Waals surface area contributed by atoms with Crippen molar-refractivity contribution < 1.29 is 22.3 Å². The van der Waals surface area contributed by atoms with Crippen molar-refractivity contribution >= 4 is 31.6 Å². The Morgan fingerprint density at radius 2 is 2.10 bits per heavy atom. The Labute approximate surface area is 125 Å². The average Bonchev–Trinajstić information content (AvgIpc) is 2.38. The van der Waals surface area contributed by atoms with Crippen molar-refractivity contribution in [2.45, 2.75) is 11.0 Å². The summed E-state index contributed by atoms with van der Waals surface area (Å²) in [6, 6.07) is 2.35. The van der Waals surface area contributed by atoms with Gasteiger partial charge in [-0.05, 0) is 28.1 Å². The number of hydrogen-bond acceptors (Lipinski definition) is 5. The lowest BCUT2D eigenvalue weighted by Crippen LogP contribution is -2.36. The highest BCUT2D eigenvalue weighted by Crippen LogP contribution is 2.25. The molecule has 1 aromatic carbocycles. The number of anilines is 1. The van der Waals surface area contributed by atoms with Crippen molar-refractivity contribution in [2.75, 3.05) is 33.1 Å². The molecule has 0 heterocycles. The van der Waals surface area contributed by atoms with E-state index in [-0.39, 0.29) is 23.3 Å². The third kappa shape index (κ3) is 4.38. The summed E-state index contributed by atoms with van der Waals surface area (Å²) in [5.74, 6) is -0.896. The van der Waals surface area contributed by atoms with Crippen molar-refractivity contribution in [3.8, 4) is 0 Å². The molecule has 0 saturated carbocycles. The average molecular weight is 371 g/mol. The second kappa shape index (κ2) is 7.32. The van der Waals surface area contributed by atoms with Crippen molar-refractivity contribution in [2.24, 2.45) is 0 Å². The van der Waals surface area contributed by atoms with Gasteiger partial charge in [0.15, 0.2) is 5.82 Å². The lowest BCUT2D eigenvalue weighted by Gasteiger charge is -2.15. The predicted octanol–water partition coefficient (Wildman–Crippen LogP) is 1.11. The Balaban J connectivity index is 2.94. The molecule has 0 amide bonds. The molecule has 3 N–H and O–H groups in total. The van der Waals surface area contributed by atoms with Crippen LogP contribution in [0.15, 0.2) is 21.5 Å². The Bertz CT molecular complexity index is 568. The number of ether oxygens (including phenoxy) is 2. The van der Waals surface area contributed by atoms with Gasteiger partial charge in [-0.3, -0.25) is 0 Å². The fraction of sp³-hybridized carbons (Fsp3) is 0.455. The summed E-state index contributed by atoms with van der Waals surface area (Å²) in [4.78, 5) is -0.517. The maximum atomic E-state index is 13.9. The molecule has 1 rings (SSSR count). The van der Waals surface area contributed by atoms with Gasteiger partial charge < -0.3 is 15.2 Å². The first-order valence-corrected chi connectivity index (χ1v) is 7.85. The van der Waals surface area contributed by atoms with E-state index in [2.05, 4.69) is 20.7 Å². The number of sulfonamides is 1. The van der Waals surface area contributed by atoms with Crippen LogP contribution in [-0.4, -0.2) is 41.9 Å². The second-order valence-corrected chi connectivity index (χ2v) is 6.57. The molecule has 0 aromatic heterocycles. The molecule has 0 fully saturated rings. The molecule has 0 spiro atoms. The number of halogens is 2. The van der Waals surface area contributed by atoms with Crippen LogP contribution in [0.25, 0.3) is 0 Å². The number of nitrogens with one attached hydrogen (secondary N) is 1. The minimum Gasteiger partial charge on any atom is -0.399 e. The topological polar surface area (TPSA) is 90.7 Å². The number of hydrogen-bond donors (Lipinski definition) is 2. The van der Waals surface area contributed by atoms with Crippen molar-refractivity contribution in [3.05, 3.63) is 22.4 Å². The van der Waals surface area contributed by atoms with Gasteiger partial charge in [0.25, 0.3) is 0 Å². The van der Waals surface area contributed by atoms with Crippen LogP contribution in [0, 0.1) is 5.82 Å². The number of methoxy groups -OCH3 is 2. The second-order valence-electron chi connectivity index (χ2n) is 3.98. The van der Waals surface area contributed by atoms with Crippen LogP contribution in [0.1, 0.15) is 0 Å². The van der Waals surface area contributed by atoms with Crippen molar-refractivity contribution in [3.63, 3.8) is 0 Å². The van der Waals surface area contributed by atoms with E-state index in [1.54, 1.807) is 0 Å². The standard InChI is InChI=1S/C11H16BrFN2O4S/c1-18-6-8(19-2)5-15-20(16,17)10-4-7(14)3-9(12)11(10)13/h3-4,8,15H,5-6,14H2,1-2H3. The third-order valence-electron chi connectivity index (χ3n) is 2.49. The number of rotatable bonds is 7. The molecule has 6 nitrogen and oxygen atoms in total. The minimum atomic E-state index is -4.03. The highest BCUT2D eigenvalue weighted by Gasteiger charge is 2.23. The lowest BCUT2D eigenvalue weighted by molar-refractivity contribution is 0.0320. The Morgan fingerprint density at radius 1 is 1.45 bits per heavy atom. The molecule has 0 radical (unpaired) electrons. The first-order chi connectivity index (χ1) is 9.31. The molecule has 1 aromatic rings. The molecule has 0 aliphatic rings. The molecule has 0 aliphatic carbocycles. The van der Waals surface area contributed by atoms with Crippen LogP contribution >= 0.6 is 15.9 Å². The van der Waals surface area contributed by atoms with Gasteiger partial charge in [-0.15, -0.1) is 0 Å². The monoisotopic (exact) mass is 370 g/mol. The van der Waals surface area contributed by atoms with E-state index in [4.69, 9.17) is 15.2 Å². The van der Waals surface area contributed by atoms with E-state index < -0.39 is 26.8 Å². The molecule has 9 heteroatoms. The normalized spacial score (nSPS) is 13.4. The van der Waals surface area contributed by atoms with Crippen LogP contribution < -0.4 is 10.5 Å². The van der Waals surface area contributed by atoms with Gasteiger partial charge in [0, 0.05) is 26.5 Å². The molecule has 1 atom stereocenters. The fourth-order valence-electron chi connectivity index (χ4n) is 1.46. The first kappa shape index (κ1) is 17.3. The van der Waals surface area contributed by atoms with E-state index in [1.165, 1.54) is 20.3 Å². The number of benzene rings is 1. The summed E-state index contributed by atoms with van der Waals surface area (Å²) in [6.45, 7) is 0.167. The summed E-state index contributed by atoms with van der Waals surface area (Å²) in [5.41, 5.74) is 5.66. The number of nitrogen functional groups attached to an aromatic ring is 1. The quantitative estimate of drug-likeness (QED) is 0.701. The smallest absolute Gasteiger partial charge is 0.243 e. The summed E-state index contributed by atoms with van der Waals surface area (Å²) >= 11 is 2.92. The first-order valence-electron chi connectivity index (χ1n) is 5.57. The summed E-state index contributed by atoms with van der Waals surface area (Å²) in [5, 5.41) is 0. The highest BCUT2D eigenvalue weighted by atomic mass is 79.9. The van der Waals surface area contributed by atoms with Gasteiger partial charge in [-0.2, -0.15) is 0 Å². The van der Waals surface area contributed by atoms with E-state index >= 15 is 0 Å². The third-order valence-corrected chi connectivity index (χ3v) is 4.49. The maximum Gasteiger partial charge on any atom is 0.243 e. The minimum absolute atomic E-state index is 0.0157. The van der Waals surface area contributed by atoms with Crippen molar-refractivity contribution in [1.29, 1.82) is 0 Å². The molecule has 0 aliphatic heterocycles.